The predicted molar refractivity (Wildman–Crippen MR) is 130 cm³/mol. The lowest BCUT2D eigenvalue weighted by molar-refractivity contribution is -0.121. The van der Waals surface area contributed by atoms with E-state index in [-0.39, 0.29) is 43.3 Å². The molecule has 0 fully saturated rings. The first-order chi connectivity index (χ1) is 14.7. The predicted octanol–water partition coefficient (Wildman–Crippen LogP) is 2.86. The fourth-order valence-corrected chi connectivity index (χ4v) is 3.61. The number of aliphatic imine (C=N–C) groups is 1. The second-order valence-electron chi connectivity index (χ2n) is 7.17. The maximum absolute atomic E-state index is 12.3. The molecular weight excluding hydrogens is 511 g/mol. The van der Waals surface area contributed by atoms with Crippen molar-refractivity contribution >= 4 is 41.5 Å². The van der Waals surface area contributed by atoms with Crippen molar-refractivity contribution in [2.24, 2.45) is 4.99 Å². The van der Waals surface area contributed by atoms with E-state index in [1.165, 1.54) is 0 Å². The van der Waals surface area contributed by atoms with Crippen molar-refractivity contribution < 1.29 is 19.0 Å². The number of benzene rings is 2. The molecule has 0 saturated heterocycles. The Balaban J connectivity index is 0.00000272. The Labute approximate surface area is 199 Å². The number of nitrogens with zero attached hydrogens (tertiary/aromatic N) is 3. The highest BCUT2D eigenvalue weighted by molar-refractivity contribution is 14.0. The van der Waals surface area contributed by atoms with Crippen LogP contribution in [-0.4, -0.2) is 57.4 Å². The molecule has 2 heterocycles. The molecule has 1 amide bonds. The van der Waals surface area contributed by atoms with Crippen LogP contribution in [0.3, 0.4) is 0 Å². The van der Waals surface area contributed by atoms with Crippen molar-refractivity contribution in [1.29, 1.82) is 0 Å². The van der Waals surface area contributed by atoms with Crippen LogP contribution in [0.15, 0.2) is 47.5 Å². The first-order valence-corrected chi connectivity index (χ1v) is 9.98. The van der Waals surface area contributed by atoms with Gasteiger partial charge in [0.1, 0.15) is 5.75 Å². The van der Waals surface area contributed by atoms with Gasteiger partial charge in [0.2, 0.25) is 6.79 Å². The summed E-state index contributed by atoms with van der Waals surface area (Å²) in [5.41, 5.74) is 1.94. The van der Waals surface area contributed by atoms with Crippen LogP contribution in [0, 0.1) is 0 Å². The first-order valence-electron chi connectivity index (χ1n) is 9.98. The maximum Gasteiger partial charge on any atom is 0.265 e. The largest absolute Gasteiger partial charge is 0.482 e. The van der Waals surface area contributed by atoms with Crippen LogP contribution in [0.5, 0.6) is 17.2 Å². The summed E-state index contributed by atoms with van der Waals surface area (Å²) in [6.07, 6.45) is 0.789. The molecule has 0 unspecified atom stereocenters. The van der Waals surface area contributed by atoms with E-state index >= 15 is 0 Å². The Morgan fingerprint density at radius 3 is 2.77 bits per heavy atom. The molecule has 2 aromatic rings. The summed E-state index contributed by atoms with van der Waals surface area (Å²) in [4.78, 5) is 20.5. The number of ether oxygens (including phenoxy) is 3. The maximum atomic E-state index is 12.3. The van der Waals surface area contributed by atoms with Crippen LogP contribution in [0.1, 0.15) is 12.0 Å². The summed E-state index contributed by atoms with van der Waals surface area (Å²) in [6, 6.07) is 13.6. The van der Waals surface area contributed by atoms with Gasteiger partial charge in [0.05, 0.1) is 5.69 Å². The van der Waals surface area contributed by atoms with Crippen LogP contribution < -0.4 is 24.4 Å². The molecule has 0 spiro atoms. The molecule has 0 saturated carbocycles. The van der Waals surface area contributed by atoms with Crippen molar-refractivity contribution in [3.05, 3.63) is 48.0 Å². The Hall–Kier alpha value is -2.69. The van der Waals surface area contributed by atoms with Crippen LogP contribution in [-0.2, 0) is 11.3 Å². The van der Waals surface area contributed by atoms with Crippen molar-refractivity contribution in [2.45, 2.75) is 13.0 Å². The molecule has 2 aromatic carbocycles. The number of nitrogens with one attached hydrogen (secondary N) is 1. The van der Waals surface area contributed by atoms with E-state index in [4.69, 9.17) is 14.2 Å². The highest BCUT2D eigenvalue weighted by atomic mass is 127. The summed E-state index contributed by atoms with van der Waals surface area (Å²) in [6.45, 7) is 2.37. The van der Waals surface area contributed by atoms with Gasteiger partial charge < -0.3 is 29.3 Å². The van der Waals surface area contributed by atoms with Crippen molar-refractivity contribution in [1.82, 2.24) is 10.2 Å². The number of para-hydroxylation sites is 2. The van der Waals surface area contributed by atoms with Crippen molar-refractivity contribution in [3.8, 4) is 17.2 Å². The lowest BCUT2D eigenvalue weighted by atomic mass is 10.2. The van der Waals surface area contributed by atoms with E-state index < -0.39 is 0 Å². The molecule has 0 atom stereocenters. The zero-order chi connectivity index (χ0) is 20.9. The number of hydrogen-bond acceptors (Lipinski definition) is 5. The standard InChI is InChI=1S/C22H26N4O4.HI/c1-23-22(25(2)13-16-8-9-19-20(12-16)30-15-29-19)24-10-5-11-26-17-6-3-4-7-18(17)28-14-21(26)27;/h3-4,6-9,12H,5,10-11,13-15H2,1-2H3,(H,23,24);1H. The summed E-state index contributed by atoms with van der Waals surface area (Å²) in [7, 11) is 3.75. The molecule has 31 heavy (non-hydrogen) atoms. The molecule has 4 rings (SSSR count). The number of anilines is 1. The topological polar surface area (TPSA) is 75.6 Å². The Morgan fingerprint density at radius 2 is 1.94 bits per heavy atom. The molecule has 1 N–H and O–H groups in total. The average Bonchev–Trinajstić information content (AvgIpc) is 3.23. The van der Waals surface area contributed by atoms with Gasteiger partial charge in [0.15, 0.2) is 24.1 Å². The number of carbonyl (C=O) groups excluding carboxylic acids is 1. The van der Waals surface area contributed by atoms with E-state index in [0.717, 1.165) is 40.9 Å². The minimum absolute atomic E-state index is 0. The number of hydrogen-bond donors (Lipinski definition) is 1. The van der Waals surface area contributed by atoms with E-state index in [0.29, 0.717) is 19.6 Å². The van der Waals surface area contributed by atoms with Gasteiger partial charge in [-0.2, -0.15) is 0 Å². The zero-order valence-electron chi connectivity index (χ0n) is 17.7. The van der Waals surface area contributed by atoms with Gasteiger partial charge in [-0.25, -0.2) is 0 Å². The lowest BCUT2D eigenvalue weighted by Gasteiger charge is -2.29. The second kappa shape index (κ2) is 10.6. The van der Waals surface area contributed by atoms with Gasteiger partial charge in [0, 0.05) is 33.7 Å². The Morgan fingerprint density at radius 1 is 1.13 bits per heavy atom. The van der Waals surface area contributed by atoms with Gasteiger partial charge in [-0.15, -0.1) is 24.0 Å². The minimum Gasteiger partial charge on any atom is -0.482 e. The molecule has 8 nitrogen and oxygen atoms in total. The molecule has 0 aromatic heterocycles. The number of rotatable bonds is 6. The van der Waals surface area contributed by atoms with Gasteiger partial charge in [-0.1, -0.05) is 18.2 Å². The van der Waals surface area contributed by atoms with Crippen LogP contribution in [0.25, 0.3) is 0 Å². The molecule has 9 heteroatoms. The van der Waals surface area contributed by atoms with Gasteiger partial charge in [-0.3, -0.25) is 9.79 Å². The number of halogens is 1. The first kappa shape index (κ1) is 23.0. The normalized spacial score (nSPS) is 14.5. The summed E-state index contributed by atoms with van der Waals surface area (Å²) < 4.78 is 16.3. The van der Waals surface area contributed by atoms with Crippen LogP contribution in [0.4, 0.5) is 5.69 Å². The SMILES string of the molecule is CN=C(NCCCN1C(=O)COc2ccccc21)N(C)Cc1ccc2c(c1)OCO2.I. The molecule has 2 aliphatic heterocycles. The van der Waals surface area contributed by atoms with E-state index in [2.05, 4.69) is 10.3 Å². The van der Waals surface area contributed by atoms with Gasteiger partial charge >= 0.3 is 0 Å². The summed E-state index contributed by atoms with van der Waals surface area (Å²) in [5, 5.41) is 3.37. The Bertz CT molecular complexity index is 953. The quantitative estimate of drug-likeness (QED) is 0.264. The monoisotopic (exact) mass is 538 g/mol. The minimum atomic E-state index is -0.0157. The van der Waals surface area contributed by atoms with Crippen molar-refractivity contribution in [3.63, 3.8) is 0 Å². The second-order valence-corrected chi connectivity index (χ2v) is 7.17. The Kier molecular flexibility index (Phi) is 7.83. The van der Waals surface area contributed by atoms with Gasteiger partial charge in [0.25, 0.3) is 5.91 Å². The van der Waals surface area contributed by atoms with Gasteiger partial charge in [-0.05, 0) is 36.2 Å². The molecule has 166 valence electrons. The smallest absolute Gasteiger partial charge is 0.265 e. The third-order valence-corrected chi connectivity index (χ3v) is 5.08. The zero-order valence-corrected chi connectivity index (χ0v) is 20.0. The average molecular weight is 538 g/mol. The summed E-state index contributed by atoms with van der Waals surface area (Å²) >= 11 is 0. The highest BCUT2D eigenvalue weighted by Crippen LogP contribution is 2.33. The molecule has 0 bridgehead atoms. The third kappa shape index (κ3) is 5.33. The van der Waals surface area contributed by atoms with E-state index in [9.17, 15) is 4.79 Å². The molecule has 0 radical (unpaired) electrons. The highest BCUT2D eigenvalue weighted by Gasteiger charge is 2.24. The van der Waals surface area contributed by atoms with Crippen molar-refractivity contribution in [2.75, 3.05) is 45.5 Å². The number of guanidine groups is 1. The molecule has 2 aliphatic rings. The third-order valence-electron chi connectivity index (χ3n) is 5.08. The number of fused-ring (bicyclic) bond motifs is 2. The summed E-state index contributed by atoms with van der Waals surface area (Å²) in [5.74, 6) is 3.09. The van der Waals surface area contributed by atoms with Crippen LogP contribution >= 0.6 is 24.0 Å². The molecule has 0 aliphatic carbocycles. The fourth-order valence-electron chi connectivity index (χ4n) is 3.61. The van der Waals surface area contributed by atoms with Crippen LogP contribution in [0.2, 0.25) is 0 Å². The lowest BCUT2D eigenvalue weighted by Crippen LogP contribution is -2.42. The number of amides is 1. The van der Waals surface area contributed by atoms with E-state index in [1.807, 2.05) is 54.4 Å². The number of carbonyl (C=O) groups is 1. The fraction of sp³-hybridized carbons (Fsp3) is 0.364. The van der Waals surface area contributed by atoms with E-state index in [1.54, 1.807) is 11.9 Å². The molecular formula is C22H27IN4O4.